The summed E-state index contributed by atoms with van der Waals surface area (Å²) in [6.45, 7) is 3.65. The molecule has 0 aliphatic carbocycles. The number of amides is 1. The fraction of sp³-hybridized carbons (Fsp3) is 0.429. The molecule has 2 N–H and O–H groups in total. The van der Waals surface area contributed by atoms with Crippen LogP contribution in [-0.2, 0) is 4.79 Å². The highest BCUT2D eigenvalue weighted by Crippen LogP contribution is 2.18. The summed E-state index contributed by atoms with van der Waals surface area (Å²) in [5, 5.41) is 24.7. The normalized spacial score (nSPS) is 13.6. The van der Waals surface area contributed by atoms with Crippen LogP contribution in [0.4, 0.5) is 0 Å². The van der Waals surface area contributed by atoms with Crippen molar-refractivity contribution in [2.24, 2.45) is 0 Å². The van der Waals surface area contributed by atoms with Gasteiger partial charge in [0.15, 0.2) is 6.04 Å². The summed E-state index contributed by atoms with van der Waals surface area (Å²) in [7, 11) is 0. The Kier molecular flexibility index (Phi) is 5.46. The van der Waals surface area contributed by atoms with Crippen LogP contribution >= 0.6 is 11.6 Å². The van der Waals surface area contributed by atoms with Gasteiger partial charge in [-0.25, -0.2) is 0 Å². The van der Waals surface area contributed by atoms with Gasteiger partial charge in [0.2, 0.25) is 11.7 Å². The molecule has 1 aromatic heterocycles. The molecule has 0 radical (unpaired) electrons. The van der Waals surface area contributed by atoms with Crippen LogP contribution in [0.5, 0.6) is 0 Å². The first-order valence-corrected chi connectivity index (χ1v) is 7.40. The zero-order valence-electron chi connectivity index (χ0n) is 12.4. The molecular formula is C14H18ClN5O2. The number of hydrogen-bond donors (Lipinski definition) is 2. The van der Waals surface area contributed by atoms with Crippen LogP contribution in [0.1, 0.15) is 26.3 Å². The SMILES string of the molecule is CCC(C(=O)NCC(C)O)n1nnc(-c2ccc(Cl)cc2)n1. The second-order valence-corrected chi connectivity index (χ2v) is 5.39. The van der Waals surface area contributed by atoms with Crippen LogP contribution in [0.3, 0.4) is 0 Å². The molecule has 0 aliphatic heterocycles. The standard InChI is InChI=1S/C14H18ClN5O2/c1-3-12(14(22)16-8-9(2)21)20-18-13(17-19-20)10-4-6-11(15)7-5-10/h4-7,9,12,21H,3,8H2,1-2H3,(H,16,22). The van der Waals surface area contributed by atoms with Gasteiger partial charge in [0.25, 0.3) is 0 Å². The molecule has 0 saturated heterocycles. The Morgan fingerprint density at radius 3 is 2.68 bits per heavy atom. The van der Waals surface area contributed by atoms with E-state index in [0.29, 0.717) is 17.3 Å². The number of carbonyl (C=O) groups excluding carboxylic acids is 1. The molecule has 0 aliphatic rings. The zero-order valence-corrected chi connectivity index (χ0v) is 13.2. The molecule has 0 spiro atoms. The van der Waals surface area contributed by atoms with E-state index in [0.717, 1.165) is 5.56 Å². The number of nitrogens with zero attached hydrogens (tertiary/aromatic N) is 4. The predicted octanol–water partition coefficient (Wildman–Crippen LogP) is 1.44. The molecule has 1 amide bonds. The molecule has 2 aromatic rings. The highest BCUT2D eigenvalue weighted by Gasteiger charge is 2.22. The average Bonchev–Trinajstić information content (AvgIpc) is 2.96. The Bertz CT molecular complexity index is 626. The van der Waals surface area contributed by atoms with E-state index in [9.17, 15) is 9.90 Å². The molecule has 2 rings (SSSR count). The van der Waals surface area contributed by atoms with Crippen LogP contribution in [-0.4, -0.2) is 43.9 Å². The molecule has 0 fully saturated rings. The number of rotatable bonds is 6. The summed E-state index contributed by atoms with van der Waals surface area (Å²) in [5.74, 6) is 0.182. The lowest BCUT2D eigenvalue weighted by atomic mass is 10.2. The van der Waals surface area contributed by atoms with Crippen molar-refractivity contribution in [1.29, 1.82) is 0 Å². The van der Waals surface area contributed by atoms with Crippen molar-refractivity contribution in [2.75, 3.05) is 6.54 Å². The summed E-state index contributed by atoms with van der Waals surface area (Å²) in [6.07, 6.45) is -0.0861. The minimum Gasteiger partial charge on any atom is -0.392 e. The topological polar surface area (TPSA) is 92.9 Å². The van der Waals surface area contributed by atoms with Crippen LogP contribution in [0.2, 0.25) is 5.02 Å². The van der Waals surface area contributed by atoms with Gasteiger partial charge in [-0.2, -0.15) is 4.80 Å². The number of benzene rings is 1. The lowest BCUT2D eigenvalue weighted by molar-refractivity contribution is -0.125. The number of hydrogen-bond acceptors (Lipinski definition) is 5. The summed E-state index contributed by atoms with van der Waals surface area (Å²) in [5.41, 5.74) is 0.773. The van der Waals surface area contributed by atoms with Gasteiger partial charge in [0, 0.05) is 17.1 Å². The lowest BCUT2D eigenvalue weighted by Crippen LogP contribution is -2.37. The maximum atomic E-state index is 12.1. The monoisotopic (exact) mass is 323 g/mol. The summed E-state index contributed by atoms with van der Waals surface area (Å²) in [6, 6.07) is 6.50. The van der Waals surface area contributed by atoms with Gasteiger partial charge in [-0.05, 0) is 42.8 Å². The van der Waals surface area contributed by atoms with E-state index >= 15 is 0 Å². The largest absolute Gasteiger partial charge is 0.392 e. The highest BCUT2D eigenvalue weighted by atomic mass is 35.5. The van der Waals surface area contributed by atoms with Crippen molar-refractivity contribution >= 4 is 17.5 Å². The number of aliphatic hydroxyl groups is 1. The van der Waals surface area contributed by atoms with Gasteiger partial charge in [0.05, 0.1) is 6.10 Å². The van der Waals surface area contributed by atoms with Crippen molar-refractivity contribution in [3.05, 3.63) is 29.3 Å². The van der Waals surface area contributed by atoms with Crippen molar-refractivity contribution < 1.29 is 9.90 Å². The van der Waals surface area contributed by atoms with E-state index in [1.54, 1.807) is 31.2 Å². The van der Waals surface area contributed by atoms with Crippen LogP contribution in [0.15, 0.2) is 24.3 Å². The predicted molar refractivity (Wildman–Crippen MR) is 82.3 cm³/mol. The van der Waals surface area contributed by atoms with E-state index in [-0.39, 0.29) is 12.5 Å². The molecule has 1 aromatic carbocycles. The van der Waals surface area contributed by atoms with Crippen molar-refractivity contribution in [2.45, 2.75) is 32.4 Å². The third kappa shape index (κ3) is 4.02. The number of carbonyl (C=O) groups is 1. The van der Waals surface area contributed by atoms with Crippen molar-refractivity contribution in [1.82, 2.24) is 25.5 Å². The fourth-order valence-corrected chi connectivity index (χ4v) is 2.02. The molecule has 118 valence electrons. The van der Waals surface area contributed by atoms with Gasteiger partial charge in [-0.1, -0.05) is 18.5 Å². The quantitative estimate of drug-likeness (QED) is 0.839. The molecule has 22 heavy (non-hydrogen) atoms. The van der Waals surface area contributed by atoms with Gasteiger partial charge < -0.3 is 10.4 Å². The van der Waals surface area contributed by atoms with Crippen molar-refractivity contribution in [3.63, 3.8) is 0 Å². The van der Waals surface area contributed by atoms with Crippen LogP contribution < -0.4 is 5.32 Å². The molecule has 8 heteroatoms. The molecule has 1 heterocycles. The summed E-state index contributed by atoms with van der Waals surface area (Å²) in [4.78, 5) is 13.4. The number of nitrogens with one attached hydrogen (secondary N) is 1. The smallest absolute Gasteiger partial charge is 0.246 e. The lowest BCUT2D eigenvalue weighted by Gasteiger charge is -2.14. The number of aromatic nitrogens is 4. The molecule has 2 unspecified atom stereocenters. The first-order valence-electron chi connectivity index (χ1n) is 7.02. The Morgan fingerprint density at radius 1 is 1.41 bits per heavy atom. The van der Waals surface area contributed by atoms with Crippen molar-refractivity contribution in [3.8, 4) is 11.4 Å². The molecule has 0 bridgehead atoms. The second-order valence-electron chi connectivity index (χ2n) is 4.96. The van der Waals surface area contributed by atoms with Gasteiger partial charge in [-0.3, -0.25) is 4.79 Å². The Morgan fingerprint density at radius 2 is 2.09 bits per heavy atom. The second kappa shape index (κ2) is 7.33. The minimum atomic E-state index is -0.602. The molecule has 2 atom stereocenters. The van der Waals surface area contributed by atoms with Gasteiger partial charge in [0.1, 0.15) is 0 Å². The first kappa shape index (κ1) is 16.4. The van der Waals surface area contributed by atoms with E-state index in [4.69, 9.17) is 11.6 Å². The third-order valence-corrected chi connectivity index (χ3v) is 3.32. The van der Waals surface area contributed by atoms with E-state index in [2.05, 4.69) is 20.7 Å². The summed E-state index contributed by atoms with van der Waals surface area (Å²) < 4.78 is 0. The molecule has 0 saturated carbocycles. The fourth-order valence-electron chi connectivity index (χ4n) is 1.89. The minimum absolute atomic E-state index is 0.189. The van der Waals surface area contributed by atoms with E-state index < -0.39 is 12.1 Å². The third-order valence-electron chi connectivity index (χ3n) is 3.07. The van der Waals surface area contributed by atoms with Gasteiger partial charge >= 0.3 is 0 Å². The maximum Gasteiger partial charge on any atom is 0.246 e. The van der Waals surface area contributed by atoms with Gasteiger partial charge in [-0.15, -0.1) is 10.2 Å². The zero-order chi connectivity index (χ0) is 16.1. The number of tetrazole rings is 1. The Hall–Kier alpha value is -1.99. The number of aliphatic hydroxyl groups excluding tert-OH is 1. The molecular weight excluding hydrogens is 306 g/mol. The Balaban J connectivity index is 2.14. The van der Waals surface area contributed by atoms with Crippen LogP contribution in [0, 0.1) is 0 Å². The maximum absolute atomic E-state index is 12.1. The molecule has 7 nitrogen and oxygen atoms in total. The average molecular weight is 324 g/mol. The van der Waals surface area contributed by atoms with E-state index in [1.165, 1.54) is 4.80 Å². The van der Waals surface area contributed by atoms with Crippen LogP contribution in [0.25, 0.3) is 11.4 Å². The Labute approximate surface area is 133 Å². The number of halogens is 1. The highest BCUT2D eigenvalue weighted by molar-refractivity contribution is 6.30. The first-order chi connectivity index (χ1) is 10.5. The summed E-state index contributed by atoms with van der Waals surface area (Å²) >= 11 is 5.84. The van der Waals surface area contributed by atoms with E-state index in [1.807, 2.05) is 6.92 Å².